The SMILES string of the molecule is O=C(C[NH+]1CCN(S(=O)(=O)c2ccc(Br)cc2)CC1)Nc1cccc(C(F)(F)F)c1. The Morgan fingerprint density at radius 2 is 1.73 bits per heavy atom. The Morgan fingerprint density at radius 1 is 1.10 bits per heavy atom. The smallest absolute Gasteiger partial charge is 0.325 e. The Morgan fingerprint density at radius 3 is 2.33 bits per heavy atom. The second-order valence-electron chi connectivity index (χ2n) is 6.91. The Kier molecular flexibility index (Phi) is 6.85. The molecule has 0 radical (unpaired) electrons. The molecule has 0 aromatic heterocycles. The van der Waals surface area contributed by atoms with E-state index in [2.05, 4.69) is 21.2 Å². The van der Waals surface area contributed by atoms with Crippen molar-refractivity contribution < 1.29 is 31.3 Å². The van der Waals surface area contributed by atoms with Gasteiger partial charge in [0, 0.05) is 10.2 Å². The molecule has 0 aliphatic carbocycles. The van der Waals surface area contributed by atoms with Crippen LogP contribution in [0, 0.1) is 0 Å². The Balaban J connectivity index is 1.54. The van der Waals surface area contributed by atoms with Crippen molar-refractivity contribution in [3.63, 3.8) is 0 Å². The third-order valence-corrected chi connectivity index (χ3v) is 7.21. The number of nitrogens with one attached hydrogen (secondary N) is 2. The molecular weight excluding hydrogens is 487 g/mol. The van der Waals surface area contributed by atoms with Gasteiger partial charge in [-0.3, -0.25) is 4.79 Å². The number of amides is 1. The van der Waals surface area contributed by atoms with E-state index in [1.165, 1.54) is 28.6 Å². The van der Waals surface area contributed by atoms with Crippen molar-refractivity contribution in [2.75, 3.05) is 38.0 Å². The number of alkyl halides is 3. The van der Waals surface area contributed by atoms with Gasteiger partial charge in [-0.05, 0) is 42.5 Å². The fraction of sp³-hybridized carbons (Fsp3) is 0.316. The monoisotopic (exact) mass is 506 g/mol. The fourth-order valence-corrected chi connectivity index (χ4v) is 4.89. The minimum Gasteiger partial charge on any atom is -0.325 e. The molecule has 2 aromatic rings. The van der Waals surface area contributed by atoms with E-state index in [4.69, 9.17) is 0 Å². The molecular formula is C19H20BrF3N3O3S+. The van der Waals surface area contributed by atoms with Crippen molar-refractivity contribution in [3.8, 4) is 0 Å². The molecule has 1 saturated heterocycles. The van der Waals surface area contributed by atoms with Crippen LogP contribution in [0.2, 0.25) is 0 Å². The van der Waals surface area contributed by atoms with Gasteiger partial charge in [-0.2, -0.15) is 17.5 Å². The average Bonchev–Trinajstić information content (AvgIpc) is 2.68. The summed E-state index contributed by atoms with van der Waals surface area (Å²) in [5, 5.41) is 2.48. The number of sulfonamides is 1. The molecule has 1 amide bonds. The van der Waals surface area contributed by atoms with Gasteiger partial charge in [0.1, 0.15) is 0 Å². The summed E-state index contributed by atoms with van der Waals surface area (Å²) in [7, 11) is -3.61. The van der Waals surface area contributed by atoms with Gasteiger partial charge in [-0.15, -0.1) is 0 Å². The molecule has 2 aromatic carbocycles. The summed E-state index contributed by atoms with van der Waals surface area (Å²) < 4.78 is 65.9. The standard InChI is InChI=1S/C19H19BrF3N3O3S/c20-15-4-6-17(7-5-15)30(28,29)26-10-8-25(9-11-26)13-18(27)24-16-3-1-2-14(12-16)19(21,22)23/h1-7,12H,8-11,13H2,(H,24,27)/p+1. The van der Waals surface area contributed by atoms with Crippen LogP contribution in [0.1, 0.15) is 5.56 Å². The lowest BCUT2D eigenvalue weighted by Gasteiger charge is -2.31. The van der Waals surface area contributed by atoms with Crippen molar-refractivity contribution in [3.05, 3.63) is 58.6 Å². The predicted molar refractivity (Wildman–Crippen MR) is 109 cm³/mol. The Hall–Kier alpha value is -1.95. The largest absolute Gasteiger partial charge is 0.416 e. The molecule has 30 heavy (non-hydrogen) atoms. The van der Waals surface area contributed by atoms with Crippen molar-refractivity contribution in [2.24, 2.45) is 0 Å². The molecule has 0 atom stereocenters. The van der Waals surface area contributed by atoms with Crippen molar-refractivity contribution >= 4 is 37.5 Å². The zero-order chi connectivity index (χ0) is 21.9. The average molecular weight is 507 g/mol. The molecule has 2 N–H and O–H groups in total. The number of carbonyl (C=O) groups excluding carboxylic acids is 1. The minimum atomic E-state index is -4.48. The number of piperazine rings is 1. The molecule has 11 heteroatoms. The van der Waals surface area contributed by atoms with E-state index in [0.717, 1.165) is 21.5 Å². The van der Waals surface area contributed by atoms with Crippen molar-refractivity contribution in [2.45, 2.75) is 11.1 Å². The highest BCUT2D eigenvalue weighted by atomic mass is 79.9. The van der Waals surface area contributed by atoms with Gasteiger partial charge < -0.3 is 10.2 Å². The third kappa shape index (κ3) is 5.60. The summed E-state index contributed by atoms with van der Waals surface area (Å²) in [5.41, 5.74) is -0.759. The van der Waals surface area contributed by atoms with E-state index in [1.807, 2.05) is 0 Å². The van der Waals surface area contributed by atoms with E-state index in [0.29, 0.717) is 13.1 Å². The first-order valence-corrected chi connectivity index (χ1v) is 11.4. The Bertz CT molecular complexity index is 1010. The number of hydrogen-bond donors (Lipinski definition) is 2. The first kappa shape index (κ1) is 22.7. The summed E-state index contributed by atoms with van der Waals surface area (Å²) in [6.45, 7) is 1.40. The number of carbonyl (C=O) groups is 1. The van der Waals surface area contributed by atoms with Crippen molar-refractivity contribution in [1.82, 2.24) is 4.31 Å². The number of nitrogens with zero attached hydrogens (tertiary/aromatic N) is 1. The van der Waals surface area contributed by atoms with Crippen LogP contribution in [0.4, 0.5) is 18.9 Å². The minimum absolute atomic E-state index is 0.0441. The molecule has 0 saturated carbocycles. The number of quaternary nitrogens is 1. The number of rotatable bonds is 5. The van der Waals surface area contributed by atoms with Crippen LogP contribution in [0.5, 0.6) is 0 Å². The van der Waals surface area contributed by atoms with Gasteiger partial charge in [-0.1, -0.05) is 22.0 Å². The fourth-order valence-electron chi connectivity index (χ4n) is 3.18. The first-order valence-electron chi connectivity index (χ1n) is 9.12. The highest BCUT2D eigenvalue weighted by molar-refractivity contribution is 9.10. The topological polar surface area (TPSA) is 70.9 Å². The predicted octanol–water partition coefficient (Wildman–Crippen LogP) is 2.00. The quantitative estimate of drug-likeness (QED) is 0.651. The molecule has 162 valence electrons. The third-order valence-electron chi connectivity index (χ3n) is 4.77. The summed E-state index contributed by atoms with van der Waals surface area (Å²) in [6.07, 6.45) is -4.48. The van der Waals surface area contributed by atoms with Gasteiger partial charge in [0.05, 0.1) is 36.6 Å². The van der Waals surface area contributed by atoms with E-state index in [1.54, 1.807) is 12.1 Å². The van der Waals surface area contributed by atoms with Crippen molar-refractivity contribution in [1.29, 1.82) is 0 Å². The lowest BCUT2D eigenvalue weighted by Crippen LogP contribution is -3.15. The molecule has 1 aliphatic rings. The van der Waals surface area contributed by atoms with Crippen LogP contribution < -0.4 is 10.2 Å². The second-order valence-corrected chi connectivity index (χ2v) is 9.77. The number of anilines is 1. The molecule has 6 nitrogen and oxygen atoms in total. The molecule has 0 spiro atoms. The Labute approximate surface area is 180 Å². The lowest BCUT2D eigenvalue weighted by atomic mass is 10.2. The number of halogens is 4. The molecule has 1 heterocycles. The van der Waals surface area contributed by atoms with E-state index < -0.39 is 27.7 Å². The zero-order valence-electron chi connectivity index (χ0n) is 15.7. The lowest BCUT2D eigenvalue weighted by molar-refractivity contribution is -0.895. The molecule has 1 fully saturated rings. The maximum atomic E-state index is 12.8. The summed E-state index contributed by atoms with van der Waals surface area (Å²) in [4.78, 5) is 13.3. The highest BCUT2D eigenvalue weighted by Crippen LogP contribution is 2.30. The summed E-state index contributed by atoms with van der Waals surface area (Å²) in [6, 6.07) is 10.8. The van der Waals surface area contributed by atoms with Crippen LogP contribution in [-0.4, -0.2) is 51.4 Å². The van der Waals surface area contributed by atoms with Crippen LogP contribution >= 0.6 is 15.9 Å². The van der Waals surface area contributed by atoms with Crippen LogP contribution in [-0.2, 0) is 21.0 Å². The van der Waals surface area contributed by atoms with E-state index in [9.17, 15) is 26.4 Å². The van der Waals surface area contributed by atoms with E-state index in [-0.39, 0.29) is 30.2 Å². The van der Waals surface area contributed by atoms with Gasteiger partial charge in [0.15, 0.2) is 6.54 Å². The first-order chi connectivity index (χ1) is 14.1. The number of benzene rings is 2. The normalized spacial score (nSPS) is 16.4. The van der Waals surface area contributed by atoms with E-state index >= 15 is 0 Å². The maximum Gasteiger partial charge on any atom is 0.416 e. The number of hydrogen-bond acceptors (Lipinski definition) is 3. The molecule has 0 bridgehead atoms. The second kappa shape index (κ2) is 9.04. The van der Waals surface area contributed by atoms with Crippen LogP contribution in [0.3, 0.4) is 0 Å². The van der Waals surface area contributed by atoms with Gasteiger partial charge in [0.25, 0.3) is 5.91 Å². The highest BCUT2D eigenvalue weighted by Gasteiger charge is 2.32. The van der Waals surface area contributed by atoms with Crippen LogP contribution in [0.15, 0.2) is 57.9 Å². The molecule has 0 unspecified atom stereocenters. The summed E-state index contributed by atoms with van der Waals surface area (Å²) in [5.74, 6) is -0.423. The molecule has 1 aliphatic heterocycles. The summed E-state index contributed by atoms with van der Waals surface area (Å²) >= 11 is 3.27. The van der Waals surface area contributed by atoms with Crippen LogP contribution in [0.25, 0.3) is 0 Å². The maximum absolute atomic E-state index is 12.8. The van der Waals surface area contributed by atoms with Gasteiger partial charge in [0.2, 0.25) is 10.0 Å². The molecule has 3 rings (SSSR count). The van der Waals surface area contributed by atoms with Gasteiger partial charge >= 0.3 is 6.18 Å². The zero-order valence-corrected chi connectivity index (χ0v) is 18.1. The van der Waals surface area contributed by atoms with Gasteiger partial charge in [-0.25, -0.2) is 8.42 Å².